The third kappa shape index (κ3) is 2.69. The molecule has 0 saturated carbocycles. The maximum atomic E-state index is 5.58. The van der Waals surface area contributed by atoms with E-state index in [4.69, 9.17) is 9.47 Å². The van der Waals surface area contributed by atoms with Crippen LogP contribution in [-0.4, -0.2) is 14.2 Å². The Morgan fingerprint density at radius 2 is 1.39 bits per heavy atom. The van der Waals surface area contributed by atoms with Crippen LogP contribution >= 0.6 is 0 Å². The molecule has 0 aromatic heterocycles. The van der Waals surface area contributed by atoms with E-state index in [9.17, 15) is 0 Å². The zero-order chi connectivity index (χ0) is 13.9. The van der Waals surface area contributed by atoms with Gasteiger partial charge in [0.05, 0.1) is 14.2 Å². The van der Waals surface area contributed by atoms with Crippen LogP contribution in [0.5, 0.6) is 11.5 Å². The molecule has 0 aliphatic heterocycles. The minimum Gasteiger partial charge on any atom is -0.496 e. The number of rotatable bonds is 4. The zero-order valence-corrected chi connectivity index (χ0v) is 12.6. The third-order valence-electron chi connectivity index (χ3n) is 3.43. The first-order valence-electron chi connectivity index (χ1n) is 6.28. The van der Waals surface area contributed by atoms with Crippen LogP contribution < -0.4 is 9.47 Å². The van der Waals surface area contributed by atoms with Gasteiger partial charge >= 0.3 is 0 Å². The summed E-state index contributed by atoms with van der Waals surface area (Å²) in [6.45, 7) is 10.5. The normalized spacial score (nSPS) is 10.2. The van der Waals surface area contributed by atoms with Gasteiger partial charge in [-0.15, -0.1) is 0 Å². The van der Waals surface area contributed by atoms with Gasteiger partial charge in [0, 0.05) is 5.56 Å². The second kappa shape index (κ2) is 5.94. The molecule has 0 fully saturated rings. The Morgan fingerprint density at radius 3 is 1.83 bits per heavy atom. The quantitative estimate of drug-likeness (QED) is 0.746. The van der Waals surface area contributed by atoms with E-state index in [1.165, 1.54) is 16.7 Å². The van der Waals surface area contributed by atoms with Gasteiger partial charge < -0.3 is 9.47 Å². The summed E-state index contributed by atoms with van der Waals surface area (Å²) >= 11 is 0. The van der Waals surface area contributed by atoms with Crippen LogP contribution in [0.15, 0.2) is 11.6 Å². The maximum Gasteiger partial charge on any atom is 0.126 e. The minimum atomic E-state index is 0.884. The predicted octanol–water partition coefficient (Wildman–Crippen LogP) is 4.14. The van der Waals surface area contributed by atoms with Crippen LogP contribution in [0.1, 0.15) is 36.1 Å². The molecule has 1 aromatic rings. The molecule has 0 saturated heterocycles. The van der Waals surface area contributed by atoms with Gasteiger partial charge in [-0.05, 0) is 57.7 Å². The largest absolute Gasteiger partial charge is 0.496 e. The molecule has 0 unspecified atom stereocenters. The summed E-state index contributed by atoms with van der Waals surface area (Å²) in [6.07, 6.45) is 3.11. The molecule has 0 amide bonds. The van der Waals surface area contributed by atoms with Gasteiger partial charge in [0.15, 0.2) is 0 Å². The van der Waals surface area contributed by atoms with E-state index in [1.807, 2.05) is 0 Å². The van der Waals surface area contributed by atoms with Crippen molar-refractivity contribution < 1.29 is 9.47 Å². The number of hydrogen-bond acceptors (Lipinski definition) is 2. The number of hydrogen-bond donors (Lipinski definition) is 0. The summed E-state index contributed by atoms with van der Waals surface area (Å²) in [5, 5.41) is 0. The van der Waals surface area contributed by atoms with Crippen molar-refractivity contribution in [2.45, 2.75) is 41.0 Å². The molecule has 0 N–H and O–H groups in total. The molecule has 1 rings (SSSR count). The predicted molar refractivity (Wildman–Crippen MR) is 76.9 cm³/mol. The Kier molecular flexibility index (Phi) is 4.83. The molecule has 18 heavy (non-hydrogen) atoms. The second-order valence-corrected chi connectivity index (χ2v) is 4.91. The highest BCUT2D eigenvalue weighted by molar-refractivity contribution is 5.58. The lowest BCUT2D eigenvalue weighted by molar-refractivity contribution is 0.391. The molecule has 2 nitrogen and oxygen atoms in total. The van der Waals surface area contributed by atoms with Crippen LogP contribution in [0.25, 0.3) is 0 Å². The monoisotopic (exact) mass is 248 g/mol. The summed E-state index contributed by atoms with van der Waals surface area (Å²) in [7, 11) is 3.46. The molecule has 0 heterocycles. The minimum absolute atomic E-state index is 0.884. The van der Waals surface area contributed by atoms with Crippen LogP contribution in [0.4, 0.5) is 0 Å². The van der Waals surface area contributed by atoms with E-state index in [0.717, 1.165) is 29.0 Å². The van der Waals surface area contributed by atoms with Gasteiger partial charge in [0.25, 0.3) is 0 Å². The van der Waals surface area contributed by atoms with E-state index in [1.54, 1.807) is 14.2 Å². The Labute approximate surface area is 111 Å². The number of ether oxygens (including phenoxy) is 2. The smallest absolute Gasteiger partial charge is 0.126 e. The van der Waals surface area contributed by atoms with Crippen molar-refractivity contribution in [3.63, 3.8) is 0 Å². The first kappa shape index (κ1) is 14.6. The van der Waals surface area contributed by atoms with E-state index in [0.29, 0.717) is 0 Å². The zero-order valence-electron chi connectivity index (χ0n) is 12.6. The van der Waals surface area contributed by atoms with Crippen molar-refractivity contribution in [1.29, 1.82) is 0 Å². The van der Waals surface area contributed by atoms with Crippen molar-refractivity contribution in [2.75, 3.05) is 14.2 Å². The van der Waals surface area contributed by atoms with Crippen molar-refractivity contribution in [2.24, 2.45) is 0 Å². The van der Waals surface area contributed by atoms with Crippen molar-refractivity contribution >= 4 is 0 Å². The van der Waals surface area contributed by atoms with Crippen molar-refractivity contribution in [3.05, 3.63) is 33.9 Å². The molecule has 2 heteroatoms. The first-order chi connectivity index (χ1) is 8.43. The summed E-state index contributed by atoms with van der Waals surface area (Å²) in [4.78, 5) is 0. The highest BCUT2D eigenvalue weighted by Crippen LogP contribution is 2.37. The average molecular weight is 248 g/mol. The van der Waals surface area contributed by atoms with E-state index < -0.39 is 0 Å². The van der Waals surface area contributed by atoms with Crippen LogP contribution in [0.2, 0.25) is 0 Å². The second-order valence-electron chi connectivity index (χ2n) is 4.91. The molecule has 100 valence electrons. The Hall–Kier alpha value is -1.44. The number of allylic oxidation sites excluding steroid dienone is 2. The lowest BCUT2D eigenvalue weighted by Crippen LogP contribution is -2.03. The van der Waals surface area contributed by atoms with Crippen molar-refractivity contribution in [1.82, 2.24) is 0 Å². The third-order valence-corrected chi connectivity index (χ3v) is 3.43. The van der Waals surface area contributed by atoms with E-state index in [-0.39, 0.29) is 0 Å². The molecule has 0 radical (unpaired) electrons. The first-order valence-corrected chi connectivity index (χ1v) is 6.28. The Balaban J connectivity index is 3.46. The SMILES string of the molecule is COc1c(C)c(C)c(OC)c(CC=C(C)C)c1C. The van der Waals surface area contributed by atoms with E-state index >= 15 is 0 Å². The van der Waals surface area contributed by atoms with Gasteiger partial charge in [-0.2, -0.15) is 0 Å². The highest BCUT2D eigenvalue weighted by atomic mass is 16.5. The van der Waals surface area contributed by atoms with Crippen molar-refractivity contribution in [3.8, 4) is 11.5 Å². The molecular weight excluding hydrogens is 224 g/mol. The van der Waals surface area contributed by atoms with Crippen LogP contribution in [0, 0.1) is 20.8 Å². The molecule has 0 aliphatic carbocycles. The van der Waals surface area contributed by atoms with Gasteiger partial charge in [0.1, 0.15) is 11.5 Å². The molecule has 0 atom stereocenters. The fraction of sp³-hybridized carbons (Fsp3) is 0.500. The molecule has 0 bridgehead atoms. The highest BCUT2D eigenvalue weighted by Gasteiger charge is 2.17. The maximum absolute atomic E-state index is 5.58. The summed E-state index contributed by atoms with van der Waals surface area (Å²) in [5.74, 6) is 1.97. The Bertz CT molecular complexity index is 467. The van der Waals surface area contributed by atoms with Crippen LogP contribution in [0.3, 0.4) is 0 Å². The van der Waals surface area contributed by atoms with Gasteiger partial charge in [0.2, 0.25) is 0 Å². The topological polar surface area (TPSA) is 18.5 Å². The standard InChI is InChI=1S/C16H24O2/c1-10(2)8-9-14-13(5)15(17-6)11(3)12(4)16(14)18-7/h8H,9H2,1-7H3. The lowest BCUT2D eigenvalue weighted by atomic mass is 9.95. The summed E-state index contributed by atoms with van der Waals surface area (Å²) in [6, 6.07) is 0. The fourth-order valence-electron chi connectivity index (χ4n) is 2.29. The van der Waals surface area contributed by atoms with Gasteiger partial charge in [-0.1, -0.05) is 11.6 Å². The number of benzene rings is 1. The average Bonchev–Trinajstić information content (AvgIpc) is 2.32. The summed E-state index contributed by atoms with van der Waals surface area (Å²) in [5.41, 5.74) is 6.03. The lowest BCUT2D eigenvalue weighted by Gasteiger charge is -2.19. The molecule has 0 spiro atoms. The van der Waals surface area contributed by atoms with Gasteiger partial charge in [-0.3, -0.25) is 0 Å². The molecule has 1 aromatic carbocycles. The molecular formula is C16H24O2. The van der Waals surface area contributed by atoms with Gasteiger partial charge in [-0.25, -0.2) is 0 Å². The fourth-order valence-corrected chi connectivity index (χ4v) is 2.29. The summed E-state index contributed by atoms with van der Waals surface area (Å²) < 4.78 is 11.1. The van der Waals surface area contributed by atoms with Crippen LogP contribution in [-0.2, 0) is 6.42 Å². The molecule has 0 aliphatic rings. The van der Waals surface area contributed by atoms with E-state index in [2.05, 4.69) is 40.7 Å². The number of methoxy groups -OCH3 is 2. The Morgan fingerprint density at radius 1 is 0.889 bits per heavy atom.